The molecule has 9 heteroatoms. The Labute approximate surface area is 162 Å². The first-order valence-electron chi connectivity index (χ1n) is 7.69. The maximum Gasteiger partial charge on any atom is 0.337 e. The minimum Gasteiger partial charge on any atom is -0.465 e. The van der Waals surface area contributed by atoms with Crippen molar-refractivity contribution in [1.82, 2.24) is 5.32 Å². The van der Waals surface area contributed by atoms with Gasteiger partial charge in [-0.05, 0) is 30.3 Å². The lowest BCUT2D eigenvalue weighted by Crippen LogP contribution is -2.25. The van der Waals surface area contributed by atoms with Crippen LogP contribution in [0.25, 0.3) is 0 Å². The molecule has 142 valence electrons. The van der Waals surface area contributed by atoms with E-state index in [1.165, 1.54) is 37.5 Å². The monoisotopic (exact) mass is 408 g/mol. The van der Waals surface area contributed by atoms with E-state index in [0.717, 1.165) is 6.07 Å². The van der Waals surface area contributed by atoms with Gasteiger partial charge in [0.2, 0.25) is 0 Å². The number of ether oxygens (including phenoxy) is 1. The molecule has 0 heterocycles. The molecular formula is C18H17ClN2O5S. The van der Waals surface area contributed by atoms with Crippen LogP contribution in [0, 0.1) is 0 Å². The molecule has 0 bridgehead atoms. The predicted molar refractivity (Wildman–Crippen MR) is 103 cm³/mol. The quantitative estimate of drug-likeness (QED) is 0.541. The summed E-state index contributed by atoms with van der Waals surface area (Å²) < 4.78 is 32.5. The SMILES string of the molecule is C=CCNC(=O)c1ccccc1NS(=O)(=O)c1cc(C(=O)OC)ccc1Cl. The standard InChI is InChI=1S/C18H17ClN2O5S/c1-3-10-20-17(22)13-6-4-5-7-15(13)21-27(24,25)16-11-12(18(23)26-2)8-9-14(16)19/h3-9,11,21H,1,10H2,2H3,(H,20,22). The second-order valence-corrected chi connectivity index (χ2v) is 7.34. The van der Waals surface area contributed by atoms with Gasteiger partial charge in [0.1, 0.15) is 4.90 Å². The second-order valence-electron chi connectivity index (χ2n) is 5.29. The maximum absolute atomic E-state index is 12.8. The molecular weight excluding hydrogens is 392 g/mol. The average Bonchev–Trinajstić information content (AvgIpc) is 2.65. The molecule has 0 aliphatic carbocycles. The van der Waals surface area contributed by atoms with E-state index in [4.69, 9.17) is 11.6 Å². The average molecular weight is 409 g/mol. The lowest BCUT2D eigenvalue weighted by Gasteiger charge is -2.13. The van der Waals surface area contributed by atoms with Crippen molar-refractivity contribution in [3.63, 3.8) is 0 Å². The predicted octanol–water partition coefficient (Wildman–Crippen LogP) is 2.84. The Morgan fingerprint density at radius 2 is 1.93 bits per heavy atom. The maximum atomic E-state index is 12.8. The van der Waals surface area contributed by atoms with Crippen LogP contribution in [-0.4, -0.2) is 33.9 Å². The summed E-state index contributed by atoms with van der Waals surface area (Å²) in [5.74, 6) is -1.17. The van der Waals surface area contributed by atoms with Crippen LogP contribution in [0.15, 0.2) is 60.0 Å². The molecule has 0 saturated carbocycles. The number of carbonyl (C=O) groups is 2. The highest BCUT2D eigenvalue weighted by Gasteiger charge is 2.22. The Hall–Kier alpha value is -2.84. The normalized spacial score (nSPS) is 10.7. The Morgan fingerprint density at radius 3 is 2.59 bits per heavy atom. The van der Waals surface area contributed by atoms with Crippen molar-refractivity contribution in [2.24, 2.45) is 0 Å². The van der Waals surface area contributed by atoms with Crippen LogP contribution in [-0.2, 0) is 14.8 Å². The van der Waals surface area contributed by atoms with Crippen molar-refractivity contribution in [2.45, 2.75) is 4.90 Å². The first-order valence-corrected chi connectivity index (χ1v) is 9.55. The number of para-hydroxylation sites is 1. The fourth-order valence-corrected chi connectivity index (χ4v) is 3.79. The van der Waals surface area contributed by atoms with Crippen LogP contribution in [0.5, 0.6) is 0 Å². The number of hydrogen-bond donors (Lipinski definition) is 2. The van der Waals surface area contributed by atoms with Crippen molar-refractivity contribution in [3.8, 4) is 0 Å². The molecule has 0 atom stereocenters. The number of nitrogens with one attached hydrogen (secondary N) is 2. The third-order valence-corrected chi connectivity index (χ3v) is 5.31. The van der Waals surface area contributed by atoms with Gasteiger partial charge in [0.15, 0.2) is 0 Å². The molecule has 0 aliphatic heterocycles. The second kappa shape index (κ2) is 8.70. The van der Waals surface area contributed by atoms with Gasteiger partial charge in [-0.3, -0.25) is 9.52 Å². The molecule has 0 aliphatic rings. The van der Waals surface area contributed by atoms with E-state index < -0.39 is 21.9 Å². The topological polar surface area (TPSA) is 102 Å². The van der Waals surface area contributed by atoms with E-state index in [9.17, 15) is 18.0 Å². The summed E-state index contributed by atoms with van der Waals surface area (Å²) in [6.45, 7) is 3.74. The number of amides is 1. The highest BCUT2D eigenvalue weighted by Crippen LogP contribution is 2.26. The van der Waals surface area contributed by atoms with Crippen LogP contribution in [0.3, 0.4) is 0 Å². The van der Waals surface area contributed by atoms with Gasteiger partial charge in [0, 0.05) is 6.54 Å². The van der Waals surface area contributed by atoms with Gasteiger partial charge in [-0.1, -0.05) is 29.8 Å². The first kappa shape index (κ1) is 20.5. The summed E-state index contributed by atoms with van der Waals surface area (Å²) in [7, 11) is -2.99. The number of esters is 1. The fourth-order valence-electron chi connectivity index (χ4n) is 2.18. The largest absolute Gasteiger partial charge is 0.465 e. The molecule has 0 fully saturated rings. The third kappa shape index (κ3) is 4.87. The number of rotatable bonds is 7. The fraction of sp³-hybridized carbons (Fsp3) is 0.111. The zero-order valence-corrected chi connectivity index (χ0v) is 15.9. The van der Waals surface area contributed by atoms with Crippen LogP contribution in [0.1, 0.15) is 20.7 Å². The zero-order valence-electron chi connectivity index (χ0n) is 14.4. The molecule has 2 aromatic carbocycles. The molecule has 27 heavy (non-hydrogen) atoms. The van der Waals surface area contributed by atoms with Crippen molar-refractivity contribution in [2.75, 3.05) is 18.4 Å². The van der Waals surface area contributed by atoms with Crippen LogP contribution < -0.4 is 10.0 Å². The number of halogens is 1. The zero-order chi connectivity index (χ0) is 20.0. The molecule has 0 aromatic heterocycles. The molecule has 0 spiro atoms. The van der Waals surface area contributed by atoms with Crippen LogP contribution in [0.2, 0.25) is 5.02 Å². The van der Waals surface area contributed by atoms with Gasteiger partial charge in [0.25, 0.3) is 15.9 Å². The summed E-state index contributed by atoms with van der Waals surface area (Å²) >= 11 is 6.00. The Bertz CT molecular complexity index is 989. The van der Waals surface area contributed by atoms with Gasteiger partial charge < -0.3 is 10.1 Å². The number of anilines is 1. The summed E-state index contributed by atoms with van der Waals surface area (Å²) in [5, 5.41) is 2.50. The lowest BCUT2D eigenvalue weighted by molar-refractivity contribution is 0.0600. The number of carbonyl (C=O) groups excluding carboxylic acids is 2. The van der Waals surface area contributed by atoms with Crippen molar-refractivity contribution < 1.29 is 22.7 Å². The summed E-state index contributed by atoms with van der Waals surface area (Å²) in [6.07, 6.45) is 1.50. The van der Waals surface area contributed by atoms with Gasteiger partial charge in [0.05, 0.1) is 28.9 Å². The van der Waals surface area contributed by atoms with E-state index in [-0.39, 0.29) is 33.3 Å². The Morgan fingerprint density at radius 1 is 1.22 bits per heavy atom. The van der Waals surface area contributed by atoms with Gasteiger partial charge in [-0.2, -0.15) is 0 Å². The summed E-state index contributed by atoms with van der Waals surface area (Å²) in [4.78, 5) is 23.6. The van der Waals surface area contributed by atoms with Gasteiger partial charge in [-0.15, -0.1) is 6.58 Å². The highest BCUT2D eigenvalue weighted by atomic mass is 35.5. The number of hydrogen-bond acceptors (Lipinski definition) is 5. The van der Waals surface area contributed by atoms with Crippen molar-refractivity contribution in [3.05, 3.63) is 71.3 Å². The van der Waals surface area contributed by atoms with Crippen molar-refractivity contribution >= 4 is 39.2 Å². The van der Waals surface area contributed by atoms with Gasteiger partial charge in [-0.25, -0.2) is 13.2 Å². The first-order chi connectivity index (χ1) is 12.8. The minimum absolute atomic E-state index is 0.0271. The smallest absolute Gasteiger partial charge is 0.337 e. The van der Waals surface area contributed by atoms with Gasteiger partial charge >= 0.3 is 5.97 Å². The lowest BCUT2D eigenvalue weighted by atomic mass is 10.1. The van der Waals surface area contributed by atoms with Crippen LogP contribution in [0.4, 0.5) is 5.69 Å². The molecule has 1 amide bonds. The number of methoxy groups -OCH3 is 1. The number of benzene rings is 2. The van der Waals surface area contributed by atoms with E-state index in [1.54, 1.807) is 12.1 Å². The molecule has 2 N–H and O–H groups in total. The minimum atomic E-state index is -4.17. The van der Waals surface area contributed by atoms with E-state index >= 15 is 0 Å². The van der Waals surface area contributed by atoms with E-state index in [2.05, 4.69) is 21.4 Å². The van der Waals surface area contributed by atoms with Crippen molar-refractivity contribution in [1.29, 1.82) is 0 Å². The molecule has 0 unspecified atom stereocenters. The molecule has 0 saturated heterocycles. The summed E-state index contributed by atoms with van der Waals surface area (Å²) in [6, 6.07) is 9.84. The van der Waals surface area contributed by atoms with E-state index in [1.807, 2.05) is 0 Å². The Kier molecular flexibility index (Phi) is 6.59. The van der Waals surface area contributed by atoms with Crippen LogP contribution >= 0.6 is 11.6 Å². The summed E-state index contributed by atoms with van der Waals surface area (Å²) in [5.41, 5.74) is 0.223. The Balaban J connectivity index is 2.42. The number of sulfonamides is 1. The third-order valence-electron chi connectivity index (χ3n) is 3.46. The van der Waals surface area contributed by atoms with E-state index in [0.29, 0.717) is 0 Å². The molecule has 0 radical (unpaired) electrons. The molecule has 7 nitrogen and oxygen atoms in total. The highest BCUT2D eigenvalue weighted by molar-refractivity contribution is 7.92. The molecule has 2 aromatic rings. The molecule has 2 rings (SSSR count).